The normalized spacial score (nSPS) is 19.3. The van der Waals surface area contributed by atoms with Crippen molar-refractivity contribution in [3.8, 4) is 11.1 Å². The topological polar surface area (TPSA) is 144 Å². The Labute approximate surface area is 248 Å². The van der Waals surface area contributed by atoms with Crippen molar-refractivity contribution in [3.63, 3.8) is 0 Å². The minimum atomic E-state index is -3.76. The van der Waals surface area contributed by atoms with E-state index >= 15 is 0 Å². The number of aromatic amines is 1. The molecule has 1 aromatic carbocycles. The Hall–Kier alpha value is -3.78. The lowest BCUT2D eigenvalue weighted by molar-refractivity contribution is -0.0221. The van der Waals surface area contributed by atoms with E-state index in [9.17, 15) is 22.0 Å². The van der Waals surface area contributed by atoms with E-state index in [1.807, 2.05) is 0 Å². The second kappa shape index (κ2) is 11.4. The van der Waals surface area contributed by atoms with Crippen LogP contribution in [0, 0.1) is 5.41 Å². The van der Waals surface area contributed by atoms with Gasteiger partial charge in [-0.3, -0.25) is 14.6 Å². The molecule has 1 amide bonds. The number of hydrogen-bond donors (Lipinski definition) is 4. The molecule has 1 spiro atoms. The molecule has 2 aliphatic heterocycles. The molecule has 11 nitrogen and oxygen atoms in total. The summed E-state index contributed by atoms with van der Waals surface area (Å²) >= 11 is 0. The van der Waals surface area contributed by atoms with Crippen molar-refractivity contribution >= 4 is 38.9 Å². The van der Waals surface area contributed by atoms with Crippen LogP contribution in [0.15, 0.2) is 42.7 Å². The van der Waals surface area contributed by atoms with Crippen LogP contribution in [0.2, 0.25) is 0 Å². The van der Waals surface area contributed by atoms with Gasteiger partial charge in [0.25, 0.3) is 11.8 Å². The van der Waals surface area contributed by atoms with Crippen LogP contribution in [0.4, 0.5) is 31.8 Å². The van der Waals surface area contributed by atoms with E-state index in [0.717, 1.165) is 31.5 Å². The molecule has 230 valence electrons. The molecule has 4 heterocycles. The number of aromatic nitrogens is 3. The Kier molecular flexibility index (Phi) is 7.75. The van der Waals surface area contributed by atoms with Gasteiger partial charge < -0.3 is 20.2 Å². The number of amides is 1. The van der Waals surface area contributed by atoms with Crippen LogP contribution in [-0.4, -0.2) is 79.1 Å². The number of alkyl halides is 2. The van der Waals surface area contributed by atoms with E-state index in [1.165, 1.54) is 18.9 Å². The summed E-state index contributed by atoms with van der Waals surface area (Å²) in [6, 6.07) is 8.21. The van der Waals surface area contributed by atoms with Crippen molar-refractivity contribution in [2.24, 2.45) is 5.41 Å². The van der Waals surface area contributed by atoms with Gasteiger partial charge in [-0.2, -0.15) is 5.10 Å². The van der Waals surface area contributed by atoms with E-state index in [4.69, 9.17) is 10.1 Å². The minimum Gasteiger partial charge on any atom is -0.395 e. The van der Waals surface area contributed by atoms with Crippen LogP contribution in [0.25, 0.3) is 11.1 Å². The fourth-order valence-electron chi connectivity index (χ4n) is 5.91. The number of benzene rings is 1. The van der Waals surface area contributed by atoms with Gasteiger partial charge in [0, 0.05) is 56.3 Å². The molecule has 3 aliphatic rings. The van der Waals surface area contributed by atoms with Crippen LogP contribution in [0.5, 0.6) is 0 Å². The van der Waals surface area contributed by atoms with Crippen LogP contribution in [0.1, 0.15) is 48.9 Å². The minimum absolute atomic E-state index is 0.122. The molecule has 43 heavy (non-hydrogen) atoms. The first-order chi connectivity index (χ1) is 20.6. The molecule has 0 atom stereocenters. The molecule has 3 aromatic rings. The highest BCUT2D eigenvalue weighted by atomic mass is 32.2. The maximum atomic E-state index is 13.9. The summed E-state index contributed by atoms with van der Waals surface area (Å²) in [4.78, 5) is 22.3. The van der Waals surface area contributed by atoms with Crippen molar-refractivity contribution < 1.29 is 27.1 Å². The van der Waals surface area contributed by atoms with Gasteiger partial charge >= 0.3 is 0 Å². The number of aliphatic hydroxyl groups excluding tert-OH is 1. The highest BCUT2D eigenvalue weighted by Gasteiger charge is 2.44. The maximum Gasteiger partial charge on any atom is 0.258 e. The Morgan fingerprint density at radius 1 is 1.00 bits per heavy atom. The van der Waals surface area contributed by atoms with Gasteiger partial charge in [-0.1, -0.05) is 0 Å². The predicted molar refractivity (Wildman–Crippen MR) is 160 cm³/mol. The lowest BCUT2D eigenvalue weighted by Gasteiger charge is -2.35. The number of anilines is 4. The Bertz CT molecular complexity index is 1580. The van der Waals surface area contributed by atoms with Gasteiger partial charge in [0.05, 0.1) is 35.5 Å². The number of nitrogens with one attached hydrogen (secondary N) is 3. The van der Waals surface area contributed by atoms with Crippen LogP contribution in [0.3, 0.4) is 0 Å². The first kappa shape index (κ1) is 29.3. The molecule has 6 rings (SSSR count). The summed E-state index contributed by atoms with van der Waals surface area (Å²) in [5, 5.41) is 18.8. The summed E-state index contributed by atoms with van der Waals surface area (Å²) in [6.45, 7) is 1.22. The van der Waals surface area contributed by atoms with Crippen molar-refractivity contribution in [1.82, 2.24) is 15.2 Å². The van der Waals surface area contributed by atoms with Gasteiger partial charge in [0.15, 0.2) is 0 Å². The summed E-state index contributed by atoms with van der Waals surface area (Å²) in [5.41, 5.74) is 3.12. The average Bonchev–Trinajstić information content (AvgIpc) is 3.48. The van der Waals surface area contributed by atoms with Gasteiger partial charge in [-0.25, -0.2) is 22.2 Å². The number of piperidine rings is 2. The highest BCUT2D eigenvalue weighted by molar-refractivity contribution is 7.92. The smallest absolute Gasteiger partial charge is 0.258 e. The first-order valence-corrected chi connectivity index (χ1v) is 16.2. The number of H-pyrrole nitrogens is 1. The number of hydrogen-bond acceptors (Lipinski definition) is 8. The van der Waals surface area contributed by atoms with E-state index in [1.54, 1.807) is 41.6 Å². The van der Waals surface area contributed by atoms with Gasteiger partial charge in [-0.05, 0) is 61.4 Å². The quantitative estimate of drug-likeness (QED) is 0.282. The number of sulfonamides is 1. The molecule has 0 unspecified atom stereocenters. The second-order valence-corrected chi connectivity index (χ2v) is 13.6. The fraction of sp³-hybridized carbons (Fsp3) is 0.483. The molecule has 3 fully saturated rings. The average molecular weight is 616 g/mol. The zero-order chi connectivity index (χ0) is 30.2. The van der Waals surface area contributed by atoms with Gasteiger partial charge in [0.1, 0.15) is 11.6 Å². The fourth-order valence-corrected chi connectivity index (χ4v) is 6.74. The third-order valence-electron chi connectivity index (χ3n) is 8.72. The maximum absolute atomic E-state index is 13.9. The number of halogens is 2. The van der Waals surface area contributed by atoms with Gasteiger partial charge in [0.2, 0.25) is 10.0 Å². The van der Waals surface area contributed by atoms with E-state index in [-0.39, 0.29) is 31.7 Å². The largest absolute Gasteiger partial charge is 0.395 e. The van der Waals surface area contributed by atoms with E-state index in [0.29, 0.717) is 33.7 Å². The lowest BCUT2D eigenvalue weighted by Crippen LogP contribution is -2.40. The predicted octanol–water partition coefficient (Wildman–Crippen LogP) is 4.07. The second-order valence-electron chi connectivity index (χ2n) is 11.7. The highest BCUT2D eigenvalue weighted by Crippen LogP contribution is 2.54. The van der Waals surface area contributed by atoms with Crippen molar-refractivity contribution in [2.75, 3.05) is 58.4 Å². The molecular formula is C29H35F2N7O4S. The third-order valence-corrected chi connectivity index (χ3v) is 9.98. The number of rotatable bonds is 9. The Balaban J connectivity index is 1.29. The molecule has 4 N–H and O–H groups in total. The van der Waals surface area contributed by atoms with Crippen LogP contribution < -0.4 is 19.8 Å². The van der Waals surface area contributed by atoms with E-state index < -0.39 is 34.2 Å². The summed E-state index contributed by atoms with van der Waals surface area (Å²) < 4.78 is 55.0. The Morgan fingerprint density at radius 3 is 2.37 bits per heavy atom. The van der Waals surface area contributed by atoms with Gasteiger partial charge in [-0.15, -0.1) is 0 Å². The molecule has 1 saturated carbocycles. The van der Waals surface area contributed by atoms with Crippen molar-refractivity contribution in [3.05, 3.63) is 48.3 Å². The zero-order valence-electron chi connectivity index (χ0n) is 23.7. The third kappa shape index (κ3) is 6.59. The monoisotopic (exact) mass is 615 g/mol. The van der Waals surface area contributed by atoms with Crippen LogP contribution in [-0.2, 0) is 10.0 Å². The SMILES string of the molecule is O=C(Nc1ccc(-c2cn[nH]c2)c(N2CCC(F)(F)CC2)n1)c1ccc(NS(=O)(=O)CCO)cc1N1CCC2(CC1)CC2. The molecule has 0 bridgehead atoms. The Morgan fingerprint density at radius 2 is 1.72 bits per heavy atom. The number of carbonyl (C=O) groups is 1. The summed E-state index contributed by atoms with van der Waals surface area (Å²) in [6.07, 6.45) is 7.19. The van der Waals surface area contributed by atoms with E-state index in [2.05, 4.69) is 25.1 Å². The standard InChI is InChI=1S/C29H35F2N7O4S/c30-29(31)9-13-38(14-10-29)26-22(20-18-32-33-19-20)3-4-25(34-26)35-27(40)23-2-1-21(36-43(41,42)16-15-39)17-24(23)37-11-7-28(5-6-28)8-12-37/h1-4,17-19,36,39H,5-16H2,(H,32,33)(H,34,35,40). The molecule has 14 heteroatoms. The van der Waals surface area contributed by atoms with Crippen molar-refractivity contribution in [1.29, 1.82) is 0 Å². The number of carbonyl (C=O) groups excluding carboxylic acids is 1. The molecule has 0 radical (unpaired) electrons. The zero-order valence-corrected chi connectivity index (χ0v) is 24.5. The molecule has 2 aromatic heterocycles. The molecule has 2 saturated heterocycles. The summed E-state index contributed by atoms with van der Waals surface area (Å²) in [5.74, 6) is -2.84. The number of pyridine rings is 1. The van der Waals surface area contributed by atoms with Crippen molar-refractivity contribution in [2.45, 2.75) is 44.4 Å². The molecule has 1 aliphatic carbocycles. The first-order valence-electron chi connectivity index (χ1n) is 14.5. The van der Waals surface area contributed by atoms with Crippen LogP contribution >= 0.6 is 0 Å². The molecular weight excluding hydrogens is 580 g/mol. The summed E-state index contributed by atoms with van der Waals surface area (Å²) in [7, 11) is -3.76. The number of nitrogens with zero attached hydrogens (tertiary/aromatic N) is 4. The number of aliphatic hydroxyl groups is 1. The lowest BCUT2D eigenvalue weighted by atomic mass is 9.93.